The van der Waals surface area contributed by atoms with E-state index >= 15 is 0 Å². The molecule has 88 valence electrons. The van der Waals surface area contributed by atoms with Gasteiger partial charge in [-0.1, -0.05) is 0 Å². The van der Waals surface area contributed by atoms with Crippen LogP contribution in [0.25, 0.3) is 0 Å². The number of hydrogen-bond acceptors (Lipinski definition) is 4. The highest BCUT2D eigenvalue weighted by atomic mass is 32.2. The Bertz CT molecular complexity index is 230. The molecule has 0 heterocycles. The average molecular weight is 235 g/mol. The van der Waals surface area contributed by atoms with Crippen LogP contribution in [0.5, 0.6) is 0 Å². The van der Waals surface area contributed by atoms with Crippen LogP contribution in [-0.2, 0) is 14.3 Å². The van der Waals surface area contributed by atoms with E-state index in [1.54, 1.807) is 13.8 Å². The fourth-order valence-corrected chi connectivity index (χ4v) is 1.27. The lowest BCUT2D eigenvalue weighted by molar-refractivity contribution is -0.139. The zero-order valence-electron chi connectivity index (χ0n) is 9.20. The Hall–Kier alpha value is -0.750. The molecule has 0 fully saturated rings. The normalized spacial score (nSPS) is 11.1. The molecule has 0 unspecified atom stereocenters. The van der Waals surface area contributed by atoms with E-state index in [-0.39, 0.29) is 11.7 Å². The van der Waals surface area contributed by atoms with Crippen LogP contribution < -0.4 is 5.32 Å². The number of carboxylic acid groups (broad SMARTS) is 1. The van der Waals surface area contributed by atoms with Crippen molar-refractivity contribution in [2.24, 2.45) is 0 Å². The van der Waals surface area contributed by atoms with Crippen LogP contribution in [-0.4, -0.2) is 47.7 Å². The molecule has 0 spiro atoms. The summed E-state index contributed by atoms with van der Waals surface area (Å²) in [7, 11) is 1.47. The second-order valence-corrected chi connectivity index (χ2v) is 4.52. The van der Waals surface area contributed by atoms with Crippen LogP contribution in [0.4, 0.5) is 0 Å². The van der Waals surface area contributed by atoms with E-state index in [0.29, 0.717) is 12.3 Å². The number of hydrogen-bond donors (Lipinski definition) is 2. The van der Waals surface area contributed by atoms with Crippen molar-refractivity contribution in [1.82, 2.24) is 5.32 Å². The third-order valence-corrected chi connectivity index (χ3v) is 2.76. The van der Waals surface area contributed by atoms with Crippen LogP contribution in [0.2, 0.25) is 0 Å². The number of carboxylic acids is 1. The molecule has 0 bridgehead atoms. The second-order valence-electron chi connectivity index (χ2n) is 3.42. The first-order valence-electron chi connectivity index (χ1n) is 4.53. The molecule has 0 aromatic heterocycles. The molecule has 1 amide bonds. The standard InChI is InChI=1S/C9H17NO4S/c1-9(2,14-3)8(13)10-4-5-15-6-7(11)12/h4-6H2,1-3H3,(H,10,13)(H,11,12). The SMILES string of the molecule is COC(C)(C)C(=O)NCCSCC(=O)O. The van der Waals surface area contributed by atoms with Crippen LogP contribution in [0.15, 0.2) is 0 Å². The van der Waals surface area contributed by atoms with E-state index in [9.17, 15) is 9.59 Å². The summed E-state index contributed by atoms with van der Waals surface area (Å²) in [5, 5.41) is 11.0. The molecular weight excluding hydrogens is 218 g/mol. The molecule has 2 N–H and O–H groups in total. The molecule has 6 heteroatoms. The van der Waals surface area contributed by atoms with Crippen LogP contribution in [0.3, 0.4) is 0 Å². The quantitative estimate of drug-likeness (QED) is 0.623. The van der Waals surface area contributed by atoms with Crippen LogP contribution in [0.1, 0.15) is 13.8 Å². The molecule has 0 rings (SSSR count). The predicted octanol–water partition coefficient (Wildman–Crippen LogP) is 0.345. The van der Waals surface area contributed by atoms with Crippen molar-refractivity contribution in [2.75, 3.05) is 25.2 Å². The number of ether oxygens (including phenoxy) is 1. The van der Waals surface area contributed by atoms with E-state index in [1.165, 1.54) is 18.9 Å². The highest BCUT2D eigenvalue weighted by molar-refractivity contribution is 7.99. The van der Waals surface area contributed by atoms with Gasteiger partial charge in [-0.2, -0.15) is 0 Å². The van der Waals surface area contributed by atoms with Crippen LogP contribution in [0, 0.1) is 0 Å². The van der Waals surface area contributed by atoms with E-state index < -0.39 is 11.6 Å². The molecular formula is C9H17NO4S. The van der Waals surface area contributed by atoms with Gasteiger partial charge in [-0.3, -0.25) is 9.59 Å². The Kier molecular flexibility index (Phi) is 6.35. The van der Waals surface area contributed by atoms with Gasteiger partial charge in [-0.15, -0.1) is 11.8 Å². The second kappa shape index (κ2) is 6.68. The van der Waals surface area contributed by atoms with Gasteiger partial charge >= 0.3 is 5.97 Å². The largest absolute Gasteiger partial charge is 0.481 e. The van der Waals surface area contributed by atoms with Gasteiger partial charge in [-0.25, -0.2) is 0 Å². The molecule has 15 heavy (non-hydrogen) atoms. The summed E-state index contributed by atoms with van der Waals surface area (Å²) >= 11 is 1.27. The minimum Gasteiger partial charge on any atom is -0.481 e. The summed E-state index contributed by atoms with van der Waals surface area (Å²) in [5.41, 5.74) is -0.836. The highest BCUT2D eigenvalue weighted by Crippen LogP contribution is 2.06. The molecule has 0 saturated heterocycles. The fourth-order valence-electron chi connectivity index (χ4n) is 0.702. The van der Waals surface area contributed by atoms with Gasteiger partial charge < -0.3 is 15.2 Å². The molecule has 0 saturated carbocycles. The van der Waals surface area contributed by atoms with Crippen molar-refractivity contribution in [3.63, 3.8) is 0 Å². The van der Waals surface area contributed by atoms with Crippen molar-refractivity contribution in [3.05, 3.63) is 0 Å². The maximum absolute atomic E-state index is 11.4. The first-order chi connectivity index (χ1) is 6.90. The molecule has 0 aromatic carbocycles. The molecule has 0 aliphatic carbocycles. The van der Waals surface area contributed by atoms with Gasteiger partial charge in [0.15, 0.2) is 0 Å². The topological polar surface area (TPSA) is 75.6 Å². The minimum absolute atomic E-state index is 0.0591. The third kappa shape index (κ3) is 6.35. The summed E-state index contributed by atoms with van der Waals surface area (Å²) in [6.45, 7) is 3.79. The number of carbonyl (C=O) groups is 2. The lowest BCUT2D eigenvalue weighted by Crippen LogP contribution is -2.44. The minimum atomic E-state index is -0.844. The number of rotatable bonds is 7. The molecule has 0 aliphatic heterocycles. The number of nitrogens with one attached hydrogen (secondary N) is 1. The summed E-state index contributed by atoms with van der Waals surface area (Å²) in [6.07, 6.45) is 0. The van der Waals surface area contributed by atoms with Crippen molar-refractivity contribution in [2.45, 2.75) is 19.4 Å². The van der Waals surface area contributed by atoms with Gasteiger partial charge in [-0.05, 0) is 13.8 Å². The summed E-state index contributed by atoms with van der Waals surface area (Å²) in [5.74, 6) is -0.397. The van der Waals surface area contributed by atoms with E-state index in [2.05, 4.69) is 5.32 Å². The summed E-state index contributed by atoms with van der Waals surface area (Å²) in [4.78, 5) is 21.6. The van der Waals surface area contributed by atoms with E-state index in [0.717, 1.165) is 0 Å². The monoisotopic (exact) mass is 235 g/mol. The zero-order valence-corrected chi connectivity index (χ0v) is 10.0. The smallest absolute Gasteiger partial charge is 0.313 e. The van der Waals surface area contributed by atoms with Crippen molar-refractivity contribution >= 4 is 23.6 Å². The maximum Gasteiger partial charge on any atom is 0.313 e. The summed E-state index contributed by atoms with van der Waals surface area (Å²) in [6, 6.07) is 0. The van der Waals surface area contributed by atoms with E-state index in [4.69, 9.17) is 9.84 Å². The predicted molar refractivity (Wildman–Crippen MR) is 59.1 cm³/mol. The number of thioether (sulfide) groups is 1. The number of methoxy groups -OCH3 is 1. The van der Waals surface area contributed by atoms with Crippen molar-refractivity contribution in [3.8, 4) is 0 Å². The maximum atomic E-state index is 11.4. The Balaban J connectivity index is 3.60. The van der Waals surface area contributed by atoms with Crippen molar-refractivity contribution < 1.29 is 19.4 Å². The third-order valence-electron chi connectivity index (χ3n) is 1.81. The highest BCUT2D eigenvalue weighted by Gasteiger charge is 2.26. The molecule has 0 atom stereocenters. The Morgan fingerprint density at radius 3 is 2.53 bits per heavy atom. The van der Waals surface area contributed by atoms with Crippen molar-refractivity contribution in [1.29, 1.82) is 0 Å². The zero-order chi connectivity index (χ0) is 11.9. The van der Waals surface area contributed by atoms with Crippen LogP contribution >= 0.6 is 11.8 Å². The lowest BCUT2D eigenvalue weighted by Gasteiger charge is -2.21. The van der Waals surface area contributed by atoms with Gasteiger partial charge in [0, 0.05) is 19.4 Å². The Morgan fingerprint density at radius 2 is 2.07 bits per heavy atom. The Labute approximate surface area is 93.6 Å². The molecule has 0 aliphatic rings. The first-order valence-corrected chi connectivity index (χ1v) is 5.68. The average Bonchev–Trinajstić information content (AvgIpc) is 2.16. The number of aliphatic carboxylic acids is 1. The Morgan fingerprint density at radius 1 is 1.47 bits per heavy atom. The van der Waals surface area contributed by atoms with Gasteiger partial charge in [0.25, 0.3) is 5.91 Å². The summed E-state index contributed by atoms with van der Waals surface area (Å²) < 4.78 is 4.98. The van der Waals surface area contributed by atoms with Gasteiger partial charge in [0.1, 0.15) is 5.60 Å². The fraction of sp³-hybridized carbons (Fsp3) is 0.778. The van der Waals surface area contributed by atoms with Gasteiger partial charge in [0.05, 0.1) is 5.75 Å². The molecule has 0 radical (unpaired) electrons. The number of carbonyl (C=O) groups excluding carboxylic acids is 1. The van der Waals surface area contributed by atoms with Gasteiger partial charge in [0.2, 0.25) is 0 Å². The molecule has 5 nitrogen and oxygen atoms in total. The van der Waals surface area contributed by atoms with E-state index in [1.807, 2.05) is 0 Å². The lowest BCUT2D eigenvalue weighted by atomic mass is 10.1. The number of amides is 1. The first kappa shape index (κ1) is 14.2. The molecule has 0 aromatic rings.